The lowest BCUT2D eigenvalue weighted by atomic mass is 9.85. The van der Waals surface area contributed by atoms with Gasteiger partial charge in [0, 0.05) is 17.3 Å². The van der Waals surface area contributed by atoms with Crippen LogP contribution in [0.3, 0.4) is 0 Å². The number of nitrogens with one attached hydrogen (secondary N) is 1. The van der Waals surface area contributed by atoms with Crippen molar-refractivity contribution in [3.63, 3.8) is 0 Å². The van der Waals surface area contributed by atoms with Crippen LogP contribution in [0.1, 0.15) is 45.2 Å². The monoisotopic (exact) mass is 283 g/mol. The quantitative estimate of drug-likeness (QED) is 0.899. The van der Waals surface area contributed by atoms with E-state index in [-0.39, 0.29) is 11.5 Å². The molecule has 0 fully saturated rings. The minimum Gasteiger partial charge on any atom is -0.356 e. The minimum atomic E-state index is 0.245. The smallest absolute Gasteiger partial charge is 0.157 e. The lowest BCUT2D eigenvalue weighted by Gasteiger charge is -2.31. The molecule has 0 aliphatic carbocycles. The molecule has 2 heterocycles. The molecule has 100 valence electrons. The van der Waals surface area contributed by atoms with E-state index in [0.717, 1.165) is 15.9 Å². The number of nitrogens with zero attached hydrogens (tertiary/aromatic N) is 2. The van der Waals surface area contributed by atoms with Crippen LogP contribution in [-0.2, 0) is 0 Å². The van der Waals surface area contributed by atoms with Crippen LogP contribution in [0.5, 0.6) is 0 Å². The molecule has 3 nitrogen and oxygen atoms in total. The van der Waals surface area contributed by atoms with Crippen LogP contribution in [-0.4, -0.2) is 21.9 Å². The van der Waals surface area contributed by atoms with Gasteiger partial charge < -0.3 is 5.32 Å². The molecule has 0 saturated heterocycles. The largest absolute Gasteiger partial charge is 0.356 e. The minimum absolute atomic E-state index is 0.245. The van der Waals surface area contributed by atoms with Gasteiger partial charge in [0.2, 0.25) is 0 Å². The molecule has 1 N–H and O–H groups in total. The Morgan fingerprint density at radius 3 is 2.83 bits per heavy atom. The normalized spacial score (nSPS) is 22.4. The first kappa shape index (κ1) is 13.9. The maximum atomic E-state index is 4.85. The molecule has 1 aliphatic rings. The molecule has 1 aromatic heterocycles. The fourth-order valence-corrected chi connectivity index (χ4v) is 3.55. The zero-order chi connectivity index (χ0) is 13.2. The van der Waals surface area contributed by atoms with Gasteiger partial charge in [-0.05, 0) is 18.8 Å². The Morgan fingerprint density at radius 2 is 2.22 bits per heavy atom. The highest BCUT2D eigenvalue weighted by atomic mass is 32.2. The first-order valence-corrected chi connectivity index (χ1v) is 8.20. The fourth-order valence-electron chi connectivity index (χ4n) is 1.91. The number of rotatable bonds is 2. The van der Waals surface area contributed by atoms with Gasteiger partial charge in [-0.1, -0.05) is 32.5 Å². The van der Waals surface area contributed by atoms with Crippen LogP contribution in [0, 0.1) is 5.41 Å². The second-order valence-corrected chi connectivity index (χ2v) is 7.70. The number of hydrogen-bond donors (Lipinski definition) is 1. The van der Waals surface area contributed by atoms with Crippen molar-refractivity contribution in [2.75, 3.05) is 5.75 Å². The fraction of sp³-hybridized carbons (Fsp3) is 0.692. The Balaban J connectivity index is 2.03. The van der Waals surface area contributed by atoms with Crippen LogP contribution in [0.4, 0.5) is 0 Å². The van der Waals surface area contributed by atoms with E-state index in [2.05, 4.69) is 38.0 Å². The first-order valence-electron chi connectivity index (χ1n) is 6.33. The zero-order valence-electron chi connectivity index (χ0n) is 11.4. The highest BCUT2D eigenvalue weighted by molar-refractivity contribution is 8.13. The molecule has 18 heavy (non-hydrogen) atoms. The lowest BCUT2D eigenvalue weighted by Crippen LogP contribution is -2.34. The molecular formula is C13H21N3S2. The van der Waals surface area contributed by atoms with E-state index in [1.54, 1.807) is 11.3 Å². The van der Waals surface area contributed by atoms with Crippen LogP contribution in [0.2, 0.25) is 0 Å². The Labute approximate surface area is 118 Å². The molecule has 2 rings (SSSR count). The highest BCUT2D eigenvalue weighted by Gasteiger charge is 2.27. The summed E-state index contributed by atoms with van der Waals surface area (Å²) in [5.41, 5.74) is 0.248. The van der Waals surface area contributed by atoms with E-state index >= 15 is 0 Å². The Bertz CT molecular complexity index is 406. The van der Waals surface area contributed by atoms with Gasteiger partial charge in [0.25, 0.3) is 0 Å². The SMILES string of the molecule is CC(NC1=NC(C(C)(C)C)CCS1)c1nccs1. The molecule has 2 unspecified atom stereocenters. The summed E-state index contributed by atoms with van der Waals surface area (Å²) in [6.07, 6.45) is 3.02. The van der Waals surface area contributed by atoms with Crippen molar-refractivity contribution >= 4 is 28.3 Å². The second-order valence-electron chi connectivity index (χ2n) is 5.69. The average molecular weight is 283 g/mol. The van der Waals surface area contributed by atoms with E-state index < -0.39 is 0 Å². The molecule has 0 bridgehead atoms. The molecule has 1 aliphatic heterocycles. The van der Waals surface area contributed by atoms with E-state index in [1.165, 1.54) is 6.42 Å². The predicted molar refractivity (Wildman–Crippen MR) is 81.4 cm³/mol. The van der Waals surface area contributed by atoms with Crippen molar-refractivity contribution in [2.45, 2.75) is 46.2 Å². The summed E-state index contributed by atoms with van der Waals surface area (Å²) < 4.78 is 0. The van der Waals surface area contributed by atoms with Gasteiger partial charge in [-0.2, -0.15) is 0 Å². The summed E-state index contributed by atoms with van der Waals surface area (Å²) in [5, 5.41) is 7.69. The number of amidine groups is 1. The van der Waals surface area contributed by atoms with E-state index in [0.29, 0.717) is 6.04 Å². The van der Waals surface area contributed by atoms with E-state index in [4.69, 9.17) is 4.99 Å². The topological polar surface area (TPSA) is 37.3 Å². The number of thiazole rings is 1. The molecule has 5 heteroatoms. The summed E-state index contributed by atoms with van der Waals surface area (Å²) in [7, 11) is 0. The van der Waals surface area contributed by atoms with Gasteiger partial charge in [0.15, 0.2) is 5.17 Å². The van der Waals surface area contributed by atoms with Crippen molar-refractivity contribution < 1.29 is 0 Å². The summed E-state index contributed by atoms with van der Waals surface area (Å²) in [4.78, 5) is 9.19. The molecule has 0 radical (unpaired) electrons. The van der Waals surface area contributed by atoms with Gasteiger partial charge in [-0.25, -0.2) is 4.98 Å². The third-order valence-corrected chi connectivity index (χ3v) is 4.96. The van der Waals surface area contributed by atoms with Crippen LogP contribution in [0.15, 0.2) is 16.6 Å². The molecule has 2 atom stereocenters. The predicted octanol–water partition coefficient (Wildman–Crippen LogP) is 3.70. The van der Waals surface area contributed by atoms with E-state index in [1.807, 2.05) is 23.3 Å². The van der Waals surface area contributed by atoms with Crippen LogP contribution in [0.25, 0.3) is 0 Å². The molecular weight excluding hydrogens is 262 g/mol. The van der Waals surface area contributed by atoms with Crippen molar-refractivity contribution in [1.29, 1.82) is 0 Å². The van der Waals surface area contributed by atoms with Gasteiger partial charge in [-0.3, -0.25) is 4.99 Å². The van der Waals surface area contributed by atoms with E-state index in [9.17, 15) is 0 Å². The Kier molecular flexibility index (Phi) is 4.33. The lowest BCUT2D eigenvalue weighted by molar-refractivity contribution is 0.315. The highest BCUT2D eigenvalue weighted by Crippen LogP contribution is 2.30. The van der Waals surface area contributed by atoms with Crippen molar-refractivity contribution in [3.05, 3.63) is 16.6 Å². The second kappa shape index (κ2) is 5.61. The number of thioether (sulfide) groups is 1. The summed E-state index contributed by atoms with van der Waals surface area (Å²) >= 11 is 3.51. The maximum Gasteiger partial charge on any atom is 0.157 e. The van der Waals surface area contributed by atoms with Crippen LogP contribution >= 0.6 is 23.1 Å². The molecule has 0 aromatic carbocycles. The number of aliphatic imine (C=N–C) groups is 1. The summed E-state index contributed by atoms with van der Waals surface area (Å²) in [6, 6.07) is 0.666. The Hall–Kier alpha value is -0.550. The van der Waals surface area contributed by atoms with Gasteiger partial charge >= 0.3 is 0 Å². The molecule has 0 spiro atoms. The van der Waals surface area contributed by atoms with Gasteiger partial charge in [-0.15, -0.1) is 11.3 Å². The summed E-state index contributed by atoms with van der Waals surface area (Å²) in [5.74, 6) is 1.15. The van der Waals surface area contributed by atoms with Crippen molar-refractivity contribution in [3.8, 4) is 0 Å². The maximum absolute atomic E-state index is 4.85. The van der Waals surface area contributed by atoms with Crippen molar-refractivity contribution in [1.82, 2.24) is 10.3 Å². The van der Waals surface area contributed by atoms with Gasteiger partial charge in [0.05, 0.1) is 12.1 Å². The third-order valence-electron chi connectivity index (χ3n) is 3.06. The number of hydrogen-bond acceptors (Lipinski definition) is 5. The third kappa shape index (κ3) is 3.48. The van der Waals surface area contributed by atoms with Crippen LogP contribution < -0.4 is 5.32 Å². The van der Waals surface area contributed by atoms with Crippen molar-refractivity contribution in [2.24, 2.45) is 10.4 Å². The number of aromatic nitrogens is 1. The summed E-state index contributed by atoms with van der Waals surface area (Å²) in [6.45, 7) is 8.93. The molecule has 1 aromatic rings. The molecule has 0 amide bonds. The standard InChI is InChI=1S/C13H21N3S2/c1-9(11-14-6-8-17-11)15-12-16-10(5-7-18-12)13(2,3)4/h6,8-10H,5,7H2,1-4H3,(H,15,16). The average Bonchev–Trinajstić information content (AvgIpc) is 2.81. The van der Waals surface area contributed by atoms with Gasteiger partial charge in [0.1, 0.15) is 5.01 Å². The zero-order valence-corrected chi connectivity index (χ0v) is 13.1. The Morgan fingerprint density at radius 1 is 1.44 bits per heavy atom. The first-order chi connectivity index (χ1) is 8.47. The molecule has 0 saturated carbocycles.